The van der Waals surface area contributed by atoms with Gasteiger partial charge in [-0.2, -0.15) is 0 Å². The first-order valence-electron chi connectivity index (χ1n) is 14.0. The van der Waals surface area contributed by atoms with Crippen LogP contribution in [0.2, 0.25) is 0 Å². The number of pyridine rings is 1. The molecule has 0 bridgehead atoms. The van der Waals surface area contributed by atoms with Crippen LogP contribution in [0.1, 0.15) is 74.8 Å². The van der Waals surface area contributed by atoms with Crippen molar-refractivity contribution in [1.82, 2.24) is 19.8 Å². The number of nitrogens with one attached hydrogen (secondary N) is 1. The normalized spacial score (nSPS) is 20.3. The summed E-state index contributed by atoms with van der Waals surface area (Å²) in [5.41, 5.74) is 6.44. The maximum absolute atomic E-state index is 13.4. The van der Waals surface area contributed by atoms with E-state index >= 15 is 0 Å². The molecule has 206 valence electrons. The standard InChI is InChI=1S/C31H38N4O4/c1-19-16-32-27-23(19)15-22(17-33-27)21-13-20-8-12-34(28(36)31(38-5)9-10-31)18-25(20)24(14-21)26-7-6-11-35(26)29(37)39-30(2,3)4/h13-17,26H,6-12,18H2,1-5H3,(H,32,33)/t26-/m0/s1. The van der Waals surface area contributed by atoms with Crippen molar-refractivity contribution in [2.24, 2.45) is 0 Å². The van der Waals surface area contributed by atoms with Gasteiger partial charge in [-0.1, -0.05) is 6.07 Å². The number of likely N-dealkylation sites (tertiary alicyclic amines) is 1. The zero-order valence-corrected chi connectivity index (χ0v) is 23.6. The van der Waals surface area contributed by atoms with E-state index in [4.69, 9.17) is 9.47 Å². The molecule has 6 rings (SSSR count). The van der Waals surface area contributed by atoms with Gasteiger partial charge in [-0.3, -0.25) is 4.79 Å². The Morgan fingerprint density at radius 3 is 2.64 bits per heavy atom. The molecule has 3 aliphatic rings. The number of aromatic nitrogens is 2. The fourth-order valence-electron chi connectivity index (χ4n) is 6.16. The summed E-state index contributed by atoms with van der Waals surface area (Å²) in [6, 6.07) is 6.55. The van der Waals surface area contributed by atoms with E-state index in [-0.39, 0.29) is 18.0 Å². The minimum Gasteiger partial charge on any atom is -0.444 e. The van der Waals surface area contributed by atoms with Crippen molar-refractivity contribution in [2.75, 3.05) is 20.2 Å². The third-order valence-electron chi connectivity index (χ3n) is 8.46. The summed E-state index contributed by atoms with van der Waals surface area (Å²) >= 11 is 0. The predicted octanol–water partition coefficient (Wildman–Crippen LogP) is 5.67. The molecule has 2 fully saturated rings. The minimum absolute atomic E-state index is 0.0821. The lowest BCUT2D eigenvalue weighted by Crippen LogP contribution is -2.44. The highest BCUT2D eigenvalue weighted by Gasteiger charge is 2.53. The molecule has 1 aromatic carbocycles. The summed E-state index contributed by atoms with van der Waals surface area (Å²) in [6.45, 7) is 9.63. The van der Waals surface area contributed by atoms with Gasteiger partial charge in [0.05, 0.1) is 6.04 Å². The summed E-state index contributed by atoms with van der Waals surface area (Å²) in [7, 11) is 1.63. The van der Waals surface area contributed by atoms with E-state index < -0.39 is 11.2 Å². The van der Waals surface area contributed by atoms with Gasteiger partial charge < -0.3 is 24.3 Å². The van der Waals surface area contributed by atoms with Crippen LogP contribution in [0.4, 0.5) is 4.79 Å². The summed E-state index contributed by atoms with van der Waals surface area (Å²) < 4.78 is 11.4. The van der Waals surface area contributed by atoms with Gasteiger partial charge in [0.1, 0.15) is 16.8 Å². The van der Waals surface area contributed by atoms with E-state index in [1.54, 1.807) is 7.11 Å². The molecule has 1 saturated carbocycles. The minimum atomic E-state index is -0.650. The number of carbonyl (C=O) groups excluding carboxylic acids is 2. The summed E-state index contributed by atoms with van der Waals surface area (Å²) in [6.07, 6.45) is 7.71. The number of rotatable bonds is 4. The van der Waals surface area contributed by atoms with Crippen molar-refractivity contribution >= 4 is 23.0 Å². The number of aryl methyl sites for hydroxylation is 1. The number of methoxy groups -OCH3 is 1. The first-order valence-corrected chi connectivity index (χ1v) is 14.0. The number of carbonyl (C=O) groups is 2. The highest BCUT2D eigenvalue weighted by Crippen LogP contribution is 2.44. The van der Waals surface area contributed by atoms with Crippen LogP contribution >= 0.6 is 0 Å². The van der Waals surface area contributed by atoms with Crippen LogP contribution in [0.25, 0.3) is 22.2 Å². The Morgan fingerprint density at radius 2 is 1.92 bits per heavy atom. The van der Waals surface area contributed by atoms with Gasteiger partial charge in [0.2, 0.25) is 0 Å². The molecule has 1 saturated heterocycles. The number of aromatic amines is 1. The second-order valence-electron chi connectivity index (χ2n) is 12.3. The molecule has 4 heterocycles. The van der Waals surface area contributed by atoms with Gasteiger partial charge in [0.25, 0.3) is 5.91 Å². The number of H-pyrrole nitrogens is 1. The molecule has 8 heteroatoms. The van der Waals surface area contributed by atoms with Crippen LogP contribution in [-0.4, -0.2) is 63.2 Å². The zero-order chi connectivity index (χ0) is 27.5. The van der Waals surface area contributed by atoms with E-state index in [1.807, 2.05) is 43.0 Å². The second-order valence-corrected chi connectivity index (χ2v) is 12.3. The Kier molecular flexibility index (Phi) is 6.21. The predicted molar refractivity (Wildman–Crippen MR) is 149 cm³/mol. The highest BCUT2D eigenvalue weighted by molar-refractivity contribution is 5.89. The summed E-state index contributed by atoms with van der Waals surface area (Å²) in [5, 5.41) is 1.11. The molecule has 2 aliphatic heterocycles. The van der Waals surface area contributed by atoms with Gasteiger partial charge >= 0.3 is 6.09 Å². The Hall–Kier alpha value is -3.39. The topological polar surface area (TPSA) is 87.8 Å². The number of nitrogens with zero attached hydrogens (tertiary/aromatic N) is 3. The number of hydrogen-bond donors (Lipinski definition) is 1. The van der Waals surface area contributed by atoms with Crippen molar-refractivity contribution < 1.29 is 19.1 Å². The molecule has 2 aromatic heterocycles. The molecule has 2 amide bonds. The van der Waals surface area contributed by atoms with Crippen LogP contribution in [0.5, 0.6) is 0 Å². The first kappa shape index (κ1) is 25.9. The van der Waals surface area contributed by atoms with E-state index in [0.29, 0.717) is 19.6 Å². The summed E-state index contributed by atoms with van der Waals surface area (Å²) in [4.78, 5) is 38.4. The maximum Gasteiger partial charge on any atom is 0.410 e. The van der Waals surface area contributed by atoms with Crippen molar-refractivity contribution in [3.05, 3.63) is 52.8 Å². The number of hydrogen-bond acceptors (Lipinski definition) is 5. The van der Waals surface area contributed by atoms with Crippen LogP contribution in [0, 0.1) is 6.92 Å². The van der Waals surface area contributed by atoms with Crippen LogP contribution < -0.4 is 0 Å². The van der Waals surface area contributed by atoms with Crippen molar-refractivity contribution in [3.63, 3.8) is 0 Å². The number of ether oxygens (including phenoxy) is 2. The smallest absolute Gasteiger partial charge is 0.410 e. The molecule has 0 radical (unpaired) electrons. The molecule has 0 unspecified atom stereocenters. The number of benzene rings is 1. The lowest BCUT2D eigenvalue weighted by atomic mass is 9.86. The quantitative estimate of drug-likeness (QED) is 0.469. The number of fused-ring (bicyclic) bond motifs is 2. The van der Waals surface area contributed by atoms with Crippen molar-refractivity contribution in [1.29, 1.82) is 0 Å². The Labute approximate surface area is 229 Å². The zero-order valence-electron chi connectivity index (χ0n) is 23.6. The first-order chi connectivity index (χ1) is 18.6. The van der Waals surface area contributed by atoms with Crippen molar-refractivity contribution in [3.8, 4) is 11.1 Å². The van der Waals surface area contributed by atoms with Crippen LogP contribution in [-0.2, 0) is 27.2 Å². The average Bonchev–Trinajstić information content (AvgIpc) is 3.40. The van der Waals surface area contributed by atoms with E-state index in [0.717, 1.165) is 71.0 Å². The van der Waals surface area contributed by atoms with Crippen LogP contribution in [0.15, 0.2) is 30.6 Å². The Morgan fingerprint density at radius 1 is 1.13 bits per heavy atom. The van der Waals surface area contributed by atoms with E-state index in [2.05, 4.69) is 35.1 Å². The van der Waals surface area contributed by atoms with Gasteiger partial charge in [-0.15, -0.1) is 0 Å². The molecular weight excluding hydrogens is 492 g/mol. The van der Waals surface area contributed by atoms with Gasteiger partial charge in [-0.25, -0.2) is 9.78 Å². The molecule has 1 N–H and O–H groups in total. The lowest BCUT2D eigenvalue weighted by Gasteiger charge is -2.36. The fraction of sp³-hybridized carbons (Fsp3) is 0.516. The lowest BCUT2D eigenvalue weighted by molar-refractivity contribution is -0.145. The molecule has 1 aliphatic carbocycles. The molecular formula is C31H38N4O4. The fourth-order valence-corrected chi connectivity index (χ4v) is 6.16. The van der Waals surface area contributed by atoms with Gasteiger partial charge in [0, 0.05) is 50.1 Å². The molecule has 8 nitrogen and oxygen atoms in total. The molecule has 3 aromatic rings. The molecule has 0 spiro atoms. The SMILES string of the molecule is COC1(C(=O)N2CCc3cc(-c4cnc5[nH]cc(C)c5c4)cc([C@@H]4CCCN4C(=O)OC(C)(C)C)c3C2)CC1. The van der Waals surface area contributed by atoms with E-state index in [1.165, 1.54) is 5.56 Å². The van der Waals surface area contributed by atoms with E-state index in [9.17, 15) is 9.59 Å². The molecule has 1 atom stereocenters. The number of amides is 2. The average molecular weight is 531 g/mol. The monoisotopic (exact) mass is 530 g/mol. The third-order valence-corrected chi connectivity index (χ3v) is 8.46. The Bertz CT molecular complexity index is 1450. The van der Waals surface area contributed by atoms with Gasteiger partial charge in [-0.05, 0) is 99.7 Å². The second kappa shape index (κ2) is 9.37. The third kappa shape index (κ3) is 4.69. The van der Waals surface area contributed by atoms with Crippen LogP contribution in [0.3, 0.4) is 0 Å². The maximum atomic E-state index is 13.4. The van der Waals surface area contributed by atoms with Crippen molar-refractivity contribution in [2.45, 2.75) is 83.6 Å². The van der Waals surface area contributed by atoms with Gasteiger partial charge in [0.15, 0.2) is 0 Å². The molecule has 39 heavy (non-hydrogen) atoms. The Balaban J connectivity index is 1.42. The highest BCUT2D eigenvalue weighted by atomic mass is 16.6. The largest absolute Gasteiger partial charge is 0.444 e. The summed E-state index contributed by atoms with van der Waals surface area (Å²) in [5.74, 6) is 0.0821.